The fourth-order valence-corrected chi connectivity index (χ4v) is 2.30. The van der Waals surface area contributed by atoms with Gasteiger partial charge in [-0.15, -0.1) is 0 Å². The molecule has 0 aliphatic rings. The highest BCUT2D eigenvalue weighted by Gasteiger charge is 2.03. The highest BCUT2D eigenvalue weighted by Crippen LogP contribution is 2.21. The highest BCUT2D eigenvalue weighted by atomic mass is 79.9. The number of carbonyl (C=O) groups is 1. The average Bonchev–Trinajstić information content (AvgIpc) is 2.44. The normalized spacial score (nSPS) is 10.8. The lowest BCUT2D eigenvalue weighted by molar-refractivity contribution is -0.139. The molecule has 0 spiro atoms. The Morgan fingerprint density at radius 2 is 1.90 bits per heavy atom. The standard InChI is InChI=1S/C17H15BrO3/c1-12-9-14(7-8-16(12)21-11-17(19)20)6-5-13-3-2-4-15(18)10-13/h2-10H,11H2,1H3,(H,19,20)/b6-5+. The number of hydrogen-bond acceptors (Lipinski definition) is 2. The summed E-state index contributed by atoms with van der Waals surface area (Å²) in [7, 11) is 0. The van der Waals surface area contributed by atoms with Crippen LogP contribution in [0.2, 0.25) is 0 Å². The van der Waals surface area contributed by atoms with Crippen molar-refractivity contribution in [3.05, 3.63) is 63.6 Å². The summed E-state index contributed by atoms with van der Waals surface area (Å²) in [5.74, 6) is -0.384. The van der Waals surface area contributed by atoms with Gasteiger partial charge in [0, 0.05) is 4.47 Å². The Hall–Kier alpha value is -2.07. The number of benzene rings is 2. The van der Waals surface area contributed by atoms with Gasteiger partial charge in [-0.3, -0.25) is 0 Å². The Morgan fingerprint density at radius 1 is 1.19 bits per heavy atom. The number of halogens is 1. The monoisotopic (exact) mass is 346 g/mol. The van der Waals surface area contributed by atoms with Gasteiger partial charge in [-0.05, 0) is 47.9 Å². The molecule has 0 unspecified atom stereocenters. The van der Waals surface area contributed by atoms with E-state index in [9.17, 15) is 4.79 Å². The van der Waals surface area contributed by atoms with Crippen LogP contribution in [0.3, 0.4) is 0 Å². The van der Waals surface area contributed by atoms with Crippen LogP contribution >= 0.6 is 15.9 Å². The summed E-state index contributed by atoms with van der Waals surface area (Å²) in [5.41, 5.74) is 3.05. The molecule has 2 rings (SSSR count). The first kappa shape index (κ1) is 15.3. The Kier molecular flexibility index (Phi) is 5.17. The zero-order valence-corrected chi connectivity index (χ0v) is 13.1. The van der Waals surface area contributed by atoms with Crippen molar-refractivity contribution in [2.45, 2.75) is 6.92 Å². The molecular formula is C17H15BrO3. The number of ether oxygens (including phenoxy) is 1. The SMILES string of the molecule is Cc1cc(/C=C/c2cccc(Br)c2)ccc1OCC(=O)O. The van der Waals surface area contributed by atoms with Crippen molar-refractivity contribution in [2.24, 2.45) is 0 Å². The number of aryl methyl sites for hydroxylation is 1. The fourth-order valence-electron chi connectivity index (χ4n) is 1.88. The molecule has 108 valence electrons. The number of hydrogen-bond donors (Lipinski definition) is 1. The molecule has 21 heavy (non-hydrogen) atoms. The van der Waals surface area contributed by atoms with Crippen molar-refractivity contribution >= 4 is 34.1 Å². The molecule has 0 radical (unpaired) electrons. The molecule has 1 N–H and O–H groups in total. The van der Waals surface area contributed by atoms with Gasteiger partial charge in [0.1, 0.15) is 5.75 Å². The summed E-state index contributed by atoms with van der Waals surface area (Å²) in [6.45, 7) is 1.57. The quantitative estimate of drug-likeness (QED) is 0.816. The minimum Gasteiger partial charge on any atom is -0.482 e. The second-order valence-corrected chi connectivity index (χ2v) is 5.51. The first-order valence-electron chi connectivity index (χ1n) is 6.43. The molecule has 0 bridgehead atoms. The summed E-state index contributed by atoms with van der Waals surface area (Å²) in [5, 5.41) is 8.61. The van der Waals surface area contributed by atoms with Crippen molar-refractivity contribution in [1.82, 2.24) is 0 Å². The highest BCUT2D eigenvalue weighted by molar-refractivity contribution is 9.10. The van der Waals surface area contributed by atoms with Gasteiger partial charge >= 0.3 is 5.97 Å². The maximum Gasteiger partial charge on any atom is 0.341 e. The summed E-state index contributed by atoms with van der Waals surface area (Å²) >= 11 is 3.44. The molecule has 0 aromatic heterocycles. The van der Waals surface area contributed by atoms with E-state index in [4.69, 9.17) is 9.84 Å². The molecular weight excluding hydrogens is 332 g/mol. The molecule has 0 heterocycles. The number of rotatable bonds is 5. The van der Waals surface area contributed by atoms with Gasteiger partial charge in [0.2, 0.25) is 0 Å². The lowest BCUT2D eigenvalue weighted by Gasteiger charge is -2.07. The molecule has 0 aliphatic carbocycles. The zero-order chi connectivity index (χ0) is 15.2. The molecule has 0 fully saturated rings. The molecule has 2 aromatic carbocycles. The number of aliphatic carboxylic acids is 1. The van der Waals surface area contributed by atoms with E-state index < -0.39 is 5.97 Å². The van der Waals surface area contributed by atoms with Crippen molar-refractivity contribution in [3.8, 4) is 5.75 Å². The summed E-state index contributed by atoms with van der Waals surface area (Å²) in [6.07, 6.45) is 4.03. The number of carboxylic acids is 1. The van der Waals surface area contributed by atoms with Crippen LogP contribution in [0, 0.1) is 6.92 Å². The van der Waals surface area contributed by atoms with Crippen LogP contribution in [0.15, 0.2) is 46.9 Å². The van der Waals surface area contributed by atoms with E-state index in [1.165, 1.54) is 0 Å². The van der Waals surface area contributed by atoms with Gasteiger partial charge in [0.05, 0.1) is 0 Å². The van der Waals surface area contributed by atoms with E-state index in [0.29, 0.717) is 5.75 Å². The molecule has 3 nitrogen and oxygen atoms in total. The van der Waals surface area contributed by atoms with E-state index in [0.717, 1.165) is 21.2 Å². The van der Waals surface area contributed by atoms with Gasteiger partial charge < -0.3 is 9.84 Å². The van der Waals surface area contributed by atoms with E-state index in [1.54, 1.807) is 6.07 Å². The maximum atomic E-state index is 10.5. The van der Waals surface area contributed by atoms with Crippen molar-refractivity contribution in [3.63, 3.8) is 0 Å². The molecule has 0 aliphatic heterocycles. The minimum atomic E-state index is -0.979. The smallest absolute Gasteiger partial charge is 0.341 e. The second kappa shape index (κ2) is 7.09. The van der Waals surface area contributed by atoms with Gasteiger partial charge in [0.15, 0.2) is 6.61 Å². The number of carboxylic acid groups (broad SMARTS) is 1. The Balaban J connectivity index is 2.11. The third-order valence-corrected chi connectivity index (χ3v) is 3.36. The van der Waals surface area contributed by atoms with E-state index in [2.05, 4.69) is 15.9 Å². The van der Waals surface area contributed by atoms with E-state index in [-0.39, 0.29) is 6.61 Å². The first-order chi connectivity index (χ1) is 10.0. The summed E-state index contributed by atoms with van der Waals surface area (Å²) < 4.78 is 6.24. The van der Waals surface area contributed by atoms with Crippen LogP contribution in [-0.2, 0) is 4.79 Å². The molecule has 0 saturated heterocycles. The summed E-state index contributed by atoms with van der Waals surface area (Å²) in [4.78, 5) is 10.5. The van der Waals surface area contributed by atoms with Crippen molar-refractivity contribution in [2.75, 3.05) is 6.61 Å². The van der Waals surface area contributed by atoms with Crippen molar-refractivity contribution < 1.29 is 14.6 Å². The van der Waals surface area contributed by atoms with Gasteiger partial charge in [-0.1, -0.05) is 46.3 Å². The van der Waals surface area contributed by atoms with E-state index in [1.807, 2.05) is 55.5 Å². The summed E-state index contributed by atoms with van der Waals surface area (Å²) in [6, 6.07) is 13.7. The van der Waals surface area contributed by atoms with Crippen molar-refractivity contribution in [1.29, 1.82) is 0 Å². The van der Waals surface area contributed by atoms with Crippen LogP contribution in [0.4, 0.5) is 0 Å². The third kappa shape index (κ3) is 4.76. The third-order valence-electron chi connectivity index (χ3n) is 2.87. The maximum absolute atomic E-state index is 10.5. The Morgan fingerprint density at radius 3 is 2.52 bits per heavy atom. The Bertz CT molecular complexity index is 677. The second-order valence-electron chi connectivity index (χ2n) is 4.60. The average molecular weight is 347 g/mol. The lowest BCUT2D eigenvalue weighted by atomic mass is 10.1. The van der Waals surface area contributed by atoms with Crippen LogP contribution in [0.25, 0.3) is 12.2 Å². The van der Waals surface area contributed by atoms with Crippen LogP contribution < -0.4 is 4.74 Å². The predicted molar refractivity (Wildman–Crippen MR) is 87.4 cm³/mol. The zero-order valence-electron chi connectivity index (χ0n) is 11.5. The van der Waals surface area contributed by atoms with Gasteiger partial charge in [-0.25, -0.2) is 4.79 Å². The van der Waals surface area contributed by atoms with E-state index >= 15 is 0 Å². The predicted octanol–water partition coefficient (Wildman–Crippen LogP) is 4.39. The Labute approximate surface area is 132 Å². The van der Waals surface area contributed by atoms with Gasteiger partial charge in [-0.2, -0.15) is 0 Å². The lowest BCUT2D eigenvalue weighted by Crippen LogP contribution is -2.10. The topological polar surface area (TPSA) is 46.5 Å². The van der Waals surface area contributed by atoms with Crippen LogP contribution in [-0.4, -0.2) is 17.7 Å². The van der Waals surface area contributed by atoms with Crippen LogP contribution in [0.1, 0.15) is 16.7 Å². The minimum absolute atomic E-state index is 0.325. The fraction of sp³-hybridized carbons (Fsp3) is 0.118. The molecule has 2 aromatic rings. The molecule has 0 saturated carbocycles. The molecule has 0 amide bonds. The molecule has 4 heteroatoms. The molecule has 0 atom stereocenters. The van der Waals surface area contributed by atoms with Crippen LogP contribution in [0.5, 0.6) is 5.75 Å². The first-order valence-corrected chi connectivity index (χ1v) is 7.23. The largest absolute Gasteiger partial charge is 0.482 e. The van der Waals surface area contributed by atoms with Gasteiger partial charge in [0.25, 0.3) is 0 Å².